The average Bonchev–Trinajstić information content (AvgIpc) is 3.39. The van der Waals surface area contributed by atoms with Crippen LogP contribution in [0.2, 0.25) is 0 Å². The number of para-hydroxylation sites is 1. The Balaban J connectivity index is 1.61. The SMILES string of the molecule is O=C(c1cc(-c2cccnc2)on1)N(C[C@@H]1CCOC1)c1ccccc1. The number of nitrogens with zero attached hydrogens (tertiary/aromatic N) is 3. The van der Waals surface area contributed by atoms with Crippen LogP contribution >= 0.6 is 0 Å². The highest BCUT2D eigenvalue weighted by molar-refractivity contribution is 6.05. The van der Waals surface area contributed by atoms with Crippen LogP contribution in [0.5, 0.6) is 0 Å². The fraction of sp³-hybridized carbons (Fsp3) is 0.250. The lowest BCUT2D eigenvalue weighted by atomic mass is 10.1. The van der Waals surface area contributed by atoms with Gasteiger partial charge in [0.25, 0.3) is 5.91 Å². The third-order valence-electron chi connectivity index (χ3n) is 4.45. The number of pyridine rings is 1. The first kappa shape index (κ1) is 16.5. The van der Waals surface area contributed by atoms with E-state index in [4.69, 9.17) is 9.26 Å². The van der Waals surface area contributed by atoms with Gasteiger partial charge < -0.3 is 14.2 Å². The minimum Gasteiger partial charge on any atom is -0.381 e. The number of rotatable bonds is 5. The lowest BCUT2D eigenvalue weighted by Crippen LogP contribution is -2.36. The van der Waals surface area contributed by atoms with Crippen molar-refractivity contribution in [3.63, 3.8) is 0 Å². The second-order valence-corrected chi connectivity index (χ2v) is 6.30. The van der Waals surface area contributed by atoms with Gasteiger partial charge in [0.15, 0.2) is 11.5 Å². The number of carbonyl (C=O) groups is 1. The normalized spacial score (nSPS) is 16.5. The molecule has 132 valence electrons. The summed E-state index contributed by atoms with van der Waals surface area (Å²) in [5.74, 6) is 0.671. The molecule has 0 N–H and O–H groups in total. The van der Waals surface area contributed by atoms with E-state index in [-0.39, 0.29) is 11.6 Å². The Hall–Kier alpha value is -2.99. The van der Waals surface area contributed by atoms with Gasteiger partial charge in [0, 0.05) is 48.8 Å². The van der Waals surface area contributed by atoms with Gasteiger partial charge in [-0.2, -0.15) is 0 Å². The van der Waals surface area contributed by atoms with Gasteiger partial charge in [0.1, 0.15) is 0 Å². The molecular formula is C20H19N3O3. The maximum Gasteiger partial charge on any atom is 0.280 e. The van der Waals surface area contributed by atoms with Crippen molar-refractivity contribution in [3.8, 4) is 11.3 Å². The maximum absolute atomic E-state index is 13.1. The fourth-order valence-electron chi connectivity index (χ4n) is 3.06. The largest absolute Gasteiger partial charge is 0.381 e. The summed E-state index contributed by atoms with van der Waals surface area (Å²) >= 11 is 0. The molecule has 1 atom stereocenters. The Kier molecular flexibility index (Phi) is 4.75. The second-order valence-electron chi connectivity index (χ2n) is 6.30. The van der Waals surface area contributed by atoms with E-state index in [1.54, 1.807) is 23.4 Å². The molecule has 6 heteroatoms. The highest BCUT2D eigenvalue weighted by Crippen LogP contribution is 2.24. The van der Waals surface area contributed by atoms with E-state index < -0.39 is 0 Å². The van der Waals surface area contributed by atoms with Crippen molar-refractivity contribution in [2.75, 3.05) is 24.7 Å². The minimum atomic E-state index is -0.179. The average molecular weight is 349 g/mol. The summed E-state index contributed by atoms with van der Waals surface area (Å²) < 4.78 is 10.8. The summed E-state index contributed by atoms with van der Waals surface area (Å²) in [5, 5.41) is 3.99. The Morgan fingerprint density at radius 2 is 2.08 bits per heavy atom. The molecular weight excluding hydrogens is 330 g/mol. The lowest BCUT2D eigenvalue weighted by molar-refractivity contribution is 0.0972. The van der Waals surface area contributed by atoms with Crippen molar-refractivity contribution in [1.82, 2.24) is 10.1 Å². The van der Waals surface area contributed by atoms with Gasteiger partial charge in [0.2, 0.25) is 0 Å². The molecule has 3 heterocycles. The molecule has 3 aromatic rings. The van der Waals surface area contributed by atoms with E-state index in [2.05, 4.69) is 10.1 Å². The smallest absolute Gasteiger partial charge is 0.280 e. The summed E-state index contributed by atoms with van der Waals surface area (Å²) in [6.07, 6.45) is 4.32. The first-order chi connectivity index (χ1) is 12.8. The summed E-state index contributed by atoms with van der Waals surface area (Å²) in [6, 6.07) is 15.0. The van der Waals surface area contributed by atoms with Crippen LogP contribution in [0.3, 0.4) is 0 Å². The van der Waals surface area contributed by atoms with E-state index in [9.17, 15) is 4.79 Å². The Bertz CT molecular complexity index is 858. The summed E-state index contributed by atoms with van der Waals surface area (Å²) in [5.41, 5.74) is 1.91. The molecule has 4 rings (SSSR count). The molecule has 1 aliphatic rings. The second kappa shape index (κ2) is 7.49. The van der Waals surface area contributed by atoms with E-state index in [0.29, 0.717) is 24.8 Å². The number of amides is 1. The summed E-state index contributed by atoms with van der Waals surface area (Å²) in [4.78, 5) is 18.9. The van der Waals surface area contributed by atoms with E-state index in [1.165, 1.54) is 0 Å². The first-order valence-electron chi connectivity index (χ1n) is 8.63. The third kappa shape index (κ3) is 3.50. The molecule has 0 unspecified atom stereocenters. The summed E-state index contributed by atoms with van der Waals surface area (Å²) in [6.45, 7) is 2.02. The van der Waals surface area contributed by atoms with Crippen LogP contribution in [-0.2, 0) is 4.74 Å². The number of ether oxygens (including phenoxy) is 1. The topological polar surface area (TPSA) is 68.5 Å². The molecule has 1 amide bonds. The molecule has 26 heavy (non-hydrogen) atoms. The van der Waals surface area contributed by atoms with Crippen LogP contribution in [0.1, 0.15) is 16.9 Å². The molecule has 1 saturated heterocycles. The van der Waals surface area contributed by atoms with Crippen LogP contribution in [0.15, 0.2) is 65.4 Å². The fourth-order valence-corrected chi connectivity index (χ4v) is 3.06. The zero-order valence-electron chi connectivity index (χ0n) is 14.2. The number of anilines is 1. The molecule has 6 nitrogen and oxygen atoms in total. The number of aromatic nitrogens is 2. The zero-order valence-corrected chi connectivity index (χ0v) is 14.2. The minimum absolute atomic E-state index is 0.179. The predicted molar refractivity (Wildman–Crippen MR) is 96.8 cm³/mol. The van der Waals surface area contributed by atoms with Crippen LogP contribution in [0, 0.1) is 5.92 Å². The standard InChI is InChI=1S/C20H19N3O3/c24-20(18-11-19(26-22-18)16-5-4-9-21-12-16)23(13-15-8-10-25-14-15)17-6-2-1-3-7-17/h1-7,9,11-12,15H,8,10,13-14H2/t15-/m0/s1. The van der Waals surface area contributed by atoms with Crippen molar-refractivity contribution >= 4 is 11.6 Å². The van der Waals surface area contributed by atoms with Crippen molar-refractivity contribution < 1.29 is 14.1 Å². The molecule has 2 aromatic heterocycles. The van der Waals surface area contributed by atoms with Crippen LogP contribution < -0.4 is 4.90 Å². The van der Waals surface area contributed by atoms with Gasteiger partial charge >= 0.3 is 0 Å². The van der Waals surface area contributed by atoms with E-state index in [1.807, 2.05) is 42.5 Å². The zero-order chi connectivity index (χ0) is 17.8. The molecule has 0 radical (unpaired) electrons. The van der Waals surface area contributed by atoms with Crippen LogP contribution in [-0.4, -0.2) is 35.8 Å². The number of hydrogen-bond donors (Lipinski definition) is 0. The number of hydrogen-bond acceptors (Lipinski definition) is 5. The van der Waals surface area contributed by atoms with Crippen molar-refractivity contribution in [1.29, 1.82) is 0 Å². The van der Waals surface area contributed by atoms with E-state index in [0.717, 1.165) is 24.3 Å². The van der Waals surface area contributed by atoms with Crippen molar-refractivity contribution in [3.05, 3.63) is 66.6 Å². The van der Waals surface area contributed by atoms with Crippen LogP contribution in [0.4, 0.5) is 5.69 Å². The summed E-state index contributed by atoms with van der Waals surface area (Å²) in [7, 11) is 0. The molecule has 0 bridgehead atoms. The van der Waals surface area contributed by atoms with Crippen LogP contribution in [0.25, 0.3) is 11.3 Å². The van der Waals surface area contributed by atoms with Crippen molar-refractivity contribution in [2.24, 2.45) is 5.92 Å². The molecule has 1 aromatic carbocycles. The Labute approximate surface area is 151 Å². The third-order valence-corrected chi connectivity index (χ3v) is 4.45. The quantitative estimate of drug-likeness (QED) is 0.706. The monoisotopic (exact) mass is 349 g/mol. The number of carbonyl (C=O) groups excluding carboxylic acids is 1. The molecule has 1 fully saturated rings. The molecule has 0 spiro atoms. The molecule has 0 aliphatic carbocycles. The Morgan fingerprint density at radius 1 is 1.19 bits per heavy atom. The first-order valence-corrected chi connectivity index (χ1v) is 8.63. The van der Waals surface area contributed by atoms with Gasteiger partial charge in [-0.1, -0.05) is 23.4 Å². The van der Waals surface area contributed by atoms with Gasteiger partial charge in [0.05, 0.1) is 6.61 Å². The van der Waals surface area contributed by atoms with Gasteiger partial charge in [-0.25, -0.2) is 0 Å². The molecule has 0 saturated carbocycles. The maximum atomic E-state index is 13.1. The lowest BCUT2D eigenvalue weighted by Gasteiger charge is -2.24. The molecule has 1 aliphatic heterocycles. The number of benzene rings is 1. The van der Waals surface area contributed by atoms with Gasteiger partial charge in [-0.3, -0.25) is 9.78 Å². The predicted octanol–water partition coefficient (Wildman–Crippen LogP) is 3.42. The Morgan fingerprint density at radius 3 is 2.81 bits per heavy atom. The highest BCUT2D eigenvalue weighted by Gasteiger charge is 2.26. The van der Waals surface area contributed by atoms with Gasteiger partial charge in [-0.15, -0.1) is 0 Å². The highest BCUT2D eigenvalue weighted by atomic mass is 16.5. The van der Waals surface area contributed by atoms with Crippen molar-refractivity contribution in [2.45, 2.75) is 6.42 Å². The van der Waals surface area contributed by atoms with Gasteiger partial charge in [-0.05, 0) is 30.7 Å². The van der Waals surface area contributed by atoms with E-state index >= 15 is 0 Å².